The second kappa shape index (κ2) is 4.28. The van der Waals surface area contributed by atoms with Crippen molar-refractivity contribution in [1.29, 1.82) is 0 Å². The van der Waals surface area contributed by atoms with Crippen molar-refractivity contribution in [3.05, 3.63) is 32.8 Å². The van der Waals surface area contributed by atoms with E-state index < -0.39 is 4.92 Å². The fraction of sp³-hybridized carbons (Fsp3) is 0.333. The molecule has 5 heteroatoms. The molecule has 14 heavy (non-hydrogen) atoms. The van der Waals surface area contributed by atoms with Crippen LogP contribution in [0.5, 0.6) is 5.75 Å². The molecule has 0 bridgehead atoms. The Labute approximate surface area is 86.6 Å². The summed E-state index contributed by atoms with van der Waals surface area (Å²) in [7, 11) is 0. The minimum atomic E-state index is -0.511. The molecule has 1 aromatic rings. The third-order valence-electron chi connectivity index (χ3n) is 1.73. The minimum absolute atomic E-state index is 0.112. The van der Waals surface area contributed by atoms with Gasteiger partial charge < -0.3 is 4.74 Å². The van der Waals surface area contributed by atoms with Gasteiger partial charge in [0.25, 0.3) is 0 Å². The number of rotatable bonds is 3. The zero-order valence-electron chi connectivity index (χ0n) is 7.83. The van der Waals surface area contributed by atoms with E-state index in [1.165, 1.54) is 6.07 Å². The van der Waals surface area contributed by atoms with Crippen LogP contribution < -0.4 is 4.74 Å². The van der Waals surface area contributed by atoms with Crippen molar-refractivity contribution in [2.45, 2.75) is 13.8 Å². The van der Waals surface area contributed by atoms with Crippen molar-refractivity contribution >= 4 is 17.3 Å². The lowest BCUT2D eigenvalue weighted by molar-refractivity contribution is -0.386. The molecule has 0 aromatic heterocycles. The first-order valence-corrected chi connectivity index (χ1v) is 4.43. The van der Waals surface area contributed by atoms with Crippen LogP contribution in [0.2, 0.25) is 5.02 Å². The zero-order chi connectivity index (χ0) is 10.7. The van der Waals surface area contributed by atoms with E-state index in [0.717, 1.165) is 0 Å². The molecular formula is C9H9ClNO3. The highest BCUT2D eigenvalue weighted by atomic mass is 35.5. The largest absolute Gasteiger partial charge is 0.487 e. The predicted octanol–water partition coefficient (Wildman–Crippen LogP) is 2.76. The first-order valence-electron chi connectivity index (χ1n) is 4.05. The first-order chi connectivity index (χ1) is 6.57. The summed E-state index contributed by atoms with van der Waals surface area (Å²) in [5, 5.41) is 11.0. The average Bonchev–Trinajstić information content (AvgIpc) is 2.11. The van der Waals surface area contributed by atoms with Crippen LogP contribution in [0.25, 0.3) is 0 Å². The van der Waals surface area contributed by atoms with Crippen LogP contribution in [-0.4, -0.2) is 11.5 Å². The lowest BCUT2D eigenvalue weighted by atomic mass is 10.2. The number of nitro groups is 1. The van der Waals surface area contributed by atoms with E-state index in [4.69, 9.17) is 16.3 Å². The molecule has 4 nitrogen and oxygen atoms in total. The molecular weight excluding hydrogens is 206 g/mol. The van der Waals surface area contributed by atoms with E-state index in [1.54, 1.807) is 13.8 Å². The van der Waals surface area contributed by atoms with Gasteiger partial charge in [-0.15, -0.1) is 0 Å². The van der Waals surface area contributed by atoms with Gasteiger partial charge in [0.15, 0.2) is 0 Å². The average molecular weight is 215 g/mol. The zero-order valence-corrected chi connectivity index (χ0v) is 8.59. The van der Waals surface area contributed by atoms with Crippen LogP contribution >= 0.6 is 11.6 Å². The molecule has 1 rings (SSSR count). The van der Waals surface area contributed by atoms with E-state index in [-0.39, 0.29) is 11.4 Å². The van der Waals surface area contributed by atoms with Crippen LogP contribution in [0.3, 0.4) is 0 Å². The van der Waals surface area contributed by atoms with Gasteiger partial charge in [0, 0.05) is 11.6 Å². The normalized spacial score (nSPS) is 9.93. The summed E-state index contributed by atoms with van der Waals surface area (Å²) >= 11 is 5.74. The van der Waals surface area contributed by atoms with Gasteiger partial charge in [-0.05, 0) is 19.9 Å². The molecule has 0 amide bonds. The van der Waals surface area contributed by atoms with Crippen LogP contribution in [0, 0.1) is 23.1 Å². The Bertz CT molecular complexity index is 365. The number of halogens is 1. The second-order valence-corrected chi connectivity index (χ2v) is 3.04. The van der Waals surface area contributed by atoms with E-state index >= 15 is 0 Å². The van der Waals surface area contributed by atoms with Gasteiger partial charge in [-0.25, -0.2) is 0 Å². The van der Waals surface area contributed by atoms with Crippen LogP contribution in [0.15, 0.2) is 6.07 Å². The molecule has 0 aliphatic rings. The van der Waals surface area contributed by atoms with E-state index in [0.29, 0.717) is 17.2 Å². The van der Waals surface area contributed by atoms with Crippen LogP contribution in [0.4, 0.5) is 5.69 Å². The molecule has 0 unspecified atom stereocenters. The maximum atomic E-state index is 10.7. The second-order valence-electron chi connectivity index (χ2n) is 2.63. The molecule has 75 valence electrons. The molecule has 1 radical (unpaired) electrons. The monoisotopic (exact) mass is 214 g/mol. The maximum Gasteiger partial charge on any atom is 0.315 e. The molecule has 1 aromatic carbocycles. The molecule has 0 atom stereocenters. The Morgan fingerprint density at radius 3 is 2.86 bits per heavy atom. The lowest BCUT2D eigenvalue weighted by Crippen LogP contribution is -1.99. The number of hydrogen-bond donors (Lipinski definition) is 0. The van der Waals surface area contributed by atoms with Crippen LogP contribution in [0.1, 0.15) is 12.5 Å². The number of benzene rings is 1. The van der Waals surface area contributed by atoms with E-state index in [9.17, 15) is 10.1 Å². The summed E-state index contributed by atoms with van der Waals surface area (Å²) in [6.45, 7) is 3.69. The highest BCUT2D eigenvalue weighted by molar-refractivity contribution is 6.31. The van der Waals surface area contributed by atoms with Crippen molar-refractivity contribution in [2.75, 3.05) is 6.61 Å². The first kappa shape index (κ1) is 10.8. The topological polar surface area (TPSA) is 52.4 Å². The van der Waals surface area contributed by atoms with Gasteiger partial charge in [-0.1, -0.05) is 11.6 Å². The quantitative estimate of drug-likeness (QED) is 0.574. The summed E-state index contributed by atoms with van der Waals surface area (Å²) in [4.78, 5) is 10.2. The fourth-order valence-electron chi connectivity index (χ4n) is 1.06. The van der Waals surface area contributed by atoms with Gasteiger partial charge in [-0.2, -0.15) is 0 Å². The summed E-state index contributed by atoms with van der Waals surface area (Å²) in [5.74, 6) is 0.138. The van der Waals surface area contributed by atoms with Gasteiger partial charge in [0.1, 0.15) is 0 Å². The highest BCUT2D eigenvalue weighted by Gasteiger charge is 2.20. The molecule has 0 aliphatic heterocycles. The number of nitrogens with zero attached hydrogens (tertiary/aromatic N) is 1. The Balaban J connectivity index is 3.30. The van der Waals surface area contributed by atoms with Crippen molar-refractivity contribution < 1.29 is 9.66 Å². The Hall–Kier alpha value is -1.29. The summed E-state index contributed by atoms with van der Waals surface area (Å²) < 4.78 is 5.08. The molecule has 0 fully saturated rings. The third kappa shape index (κ3) is 1.96. The standard InChI is InChI=1S/C9H9ClNO3/c1-3-14-8-5-4-7(10)6(2)9(8)11(12)13/h4H,3H2,1-2H3. The number of hydrogen-bond acceptors (Lipinski definition) is 3. The van der Waals surface area contributed by atoms with Crippen molar-refractivity contribution in [3.8, 4) is 5.75 Å². The van der Waals surface area contributed by atoms with E-state index in [2.05, 4.69) is 6.07 Å². The van der Waals surface area contributed by atoms with Gasteiger partial charge in [0.2, 0.25) is 5.75 Å². The molecule has 0 aliphatic carbocycles. The number of ether oxygens (including phenoxy) is 1. The summed E-state index contributed by atoms with van der Waals surface area (Å²) in [6.07, 6.45) is 0. The number of nitro benzene ring substituents is 1. The Kier molecular flexibility index (Phi) is 3.30. The van der Waals surface area contributed by atoms with Gasteiger partial charge in [0.05, 0.1) is 16.6 Å². The maximum absolute atomic E-state index is 10.7. The molecule has 0 spiro atoms. The third-order valence-corrected chi connectivity index (χ3v) is 2.12. The molecule has 0 saturated carbocycles. The lowest BCUT2D eigenvalue weighted by Gasteiger charge is -2.06. The van der Waals surface area contributed by atoms with Crippen LogP contribution in [-0.2, 0) is 0 Å². The SMILES string of the molecule is CCOc1[c]cc(Cl)c(C)c1[N+](=O)[O-]. The van der Waals surface area contributed by atoms with E-state index in [1.807, 2.05) is 0 Å². The van der Waals surface area contributed by atoms with Gasteiger partial charge >= 0.3 is 5.69 Å². The van der Waals surface area contributed by atoms with Crippen molar-refractivity contribution in [1.82, 2.24) is 0 Å². The Morgan fingerprint density at radius 1 is 1.71 bits per heavy atom. The molecule has 0 saturated heterocycles. The predicted molar refractivity (Wildman–Crippen MR) is 52.8 cm³/mol. The highest BCUT2D eigenvalue weighted by Crippen LogP contribution is 2.34. The molecule has 0 N–H and O–H groups in total. The van der Waals surface area contributed by atoms with Crippen molar-refractivity contribution in [3.63, 3.8) is 0 Å². The smallest absolute Gasteiger partial charge is 0.315 e. The summed E-state index contributed by atoms with van der Waals surface area (Å²) in [6, 6.07) is 4.10. The van der Waals surface area contributed by atoms with Crippen molar-refractivity contribution in [2.24, 2.45) is 0 Å². The fourth-order valence-corrected chi connectivity index (χ4v) is 1.21. The summed E-state index contributed by atoms with van der Waals surface area (Å²) in [5.41, 5.74) is 0.290. The Morgan fingerprint density at radius 2 is 2.36 bits per heavy atom. The molecule has 0 heterocycles. The van der Waals surface area contributed by atoms with Gasteiger partial charge in [-0.3, -0.25) is 10.1 Å². The minimum Gasteiger partial charge on any atom is -0.487 e.